The van der Waals surface area contributed by atoms with Gasteiger partial charge in [0.15, 0.2) is 0 Å². The van der Waals surface area contributed by atoms with Gasteiger partial charge in [-0.3, -0.25) is 15.0 Å². The highest BCUT2D eigenvalue weighted by molar-refractivity contribution is 5.55. The molecule has 1 saturated heterocycles. The van der Waals surface area contributed by atoms with E-state index in [1.165, 1.54) is 6.07 Å². The topological polar surface area (TPSA) is 81.9 Å². The molecule has 2 N–H and O–H groups in total. The second-order valence-corrected chi connectivity index (χ2v) is 10.6. The van der Waals surface area contributed by atoms with E-state index >= 15 is 0 Å². The van der Waals surface area contributed by atoms with Crippen LogP contribution in [0.1, 0.15) is 63.9 Å². The van der Waals surface area contributed by atoms with E-state index in [1.54, 1.807) is 12.2 Å². The van der Waals surface area contributed by atoms with Crippen LogP contribution in [0.15, 0.2) is 53.8 Å². The number of halogens is 6. The lowest BCUT2D eigenvalue weighted by Gasteiger charge is -2.35. The summed E-state index contributed by atoms with van der Waals surface area (Å²) in [5.74, 6) is 0. The second-order valence-electron chi connectivity index (χ2n) is 10.6. The van der Waals surface area contributed by atoms with E-state index in [9.17, 15) is 41.6 Å². The summed E-state index contributed by atoms with van der Waals surface area (Å²) in [7, 11) is 0. The second kappa shape index (κ2) is 14.9. The molecule has 1 atom stereocenters. The Balaban J connectivity index is 1.36. The minimum absolute atomic E-state index is 0.118. The van der Waals surface area contributed by atoms with E-state index < -0.39 is 40.3 Å². The van der Waals surface area contributed by atoms with Crippen LogP contribution in [-0.4, -0.2) is 64.5 Å². The van der Waals surface area contributed by atoms with Gasteiger partial charge in [0.05, 0.1) is 10.5 Å². The Morgan fingerprint density at radius 1 is 1.07 bits per heavy atom. The van der Waals surface area contributed by atoms with Crippen molar-refractivity contribution < 1.29 is 36.4 Å². The maximum Gasteiger partial charge on any atom is 0.423 e. The molecule has 0 saturated carbocycles. The minimum atomic E-state index is -4.84. The Morgan fingerprint density at radius 2 is 1.76 bits per heavy atom. The third-order valence-electron chi connectivity index (χ3n) is 7.66. The number of benzene rings is 1. The van der Waals surface area contributed by atoms with Gasteiger partial charge in [0, 0.05) is 56.1 Å². The SMILES string of the molecule is CCN(CCCCCCC(O)N1CCC(Nc2ccc([N+](=O)[O-])c(C(F)(F)F)c2)CC1)C1=CC=C(C(F)(F)F)C=CC1. The van der Waals surface area contributed by atoms with Gasteiger partial charge in [0.25, 0.3) is 5.69 Å². The summed E-state index contributed by atoms with van der Waals surface area (Å²) in [6.45, 7) is 4.55. The number of allylic oxidation sites excluding steroid dienone is 5. The highest BCUT2D eigenvalue weighted by Crippen LogP contribution is 2.38. The molecule has 0 amide bonds. The molecule has 1 fully saturated rings. The van der Waals surface area contributed by atoms with Crippen molar-refractivity contribution in [3.8, 4) is 0 Å². The van der Waals surface area contributed by atoms with Crippen molar-refractivity contribution in [1.82, 2.24) is 9.80 Å². The Hall–Kier alpha value is -3.06. The number of nitro benzene ring substituents is 1. The van der Waals surface area contributed by atoms with Crippen molar-refractivity contribution in [3.05, 3.63) is 69.5 Å². The van der Waals surface area contributed by atoms with Crippen LogP contribution in [0.5, 0.6) is 0 Å². The van der Waals surface area contributed by atoms with Gasteiger partial charge in [0.1, 0.15) is 11.8 Å². The Labute approximate surface area is 241 Å². The van der Waals surface area contributed by atoms with Crippen molar-refractivity contribution in [2.24, 2.45) is 0 Å². The van der Waals surface area contributed by atoms with Crippen LogP contribution in [0.2, 0.25) is 0 Å². The standard InChI is InChI=1S/C29H38F6N4O3/c1-2-37(24-9-7-8-21(11-13-24)28(30,31)32)17-6-4-3-5-10-27(40)38-18-15-22(16-19-38)36-23-12-14-26(39(41)42)25(20-23)29(33,34)35/h7-8,11-14,20,22,27,36,40H,2-6,9-10,15-19H2,1H3. The molecule has 3 rings (SSSR count). The summed E-state index contributed by atoms with van der Waals surface area (Å²) in [6.07, 6.45) is 1.30. The number of alkyl halides is 6. The quantitative estimate of drug-likeness (QED) is 0.106. The number of anilines is 1. The highest BCUT2D eigenvalue weighted by atomic mass is 19.4. The van der Waals surface area contributed by atoms with Crippen LogP contribution >= 0.6 is 0 Å². The third kappa shape index (κ3) is 9.75. The number of hydrogen-bond donors (Lipinski definition) is 2. The molecule has 0 spiro atoms. The lowest BCUT2D eigenvalue weighted by atomic mass is 10.0. The molecule has 234 valence electrons. The molecule has 1 heterocycles. The van der Waals surface area contributed by atoms with E-state index in [2.05, 4.69) is 10.2 Å². The zero-order chi connectivity index (χ0) is 30.9. The van der Waals surface area contributed by atoms with Gasteiger partial charge in [0.2, 0.25) is 0 Å². The zero-order valence-electron chi connectivity index (χ0n) is 23.6. The molecule has 1 aliphatic carbocycles. The lowest BCUT2D eigenvalue weighted by Crippen LogP contribution is -2.44. The predicted octanol–water partition coefficient (Wildman–Crippen LogP) is 7.41. The van der Waals surface area contributed by atoms with Crippen molar-refractivity contribution >= 4 is 11.4 Å². The van der Waals surface area contributed by atoms with Gasteiger partial charge in [-0.15, -0.1) is 0 Å². The molecular formula is C29H38F6N4O3. The largest absolute Gasteiger partial charge is 0.423 e. The fourth-order valence-electron chi connectivity index (χ4n) is 5.30. The van der Waals surface area contributed by atoms with Crippen LogP contribution in [-0.2, 0) is 6.18 Å². The van der Waals surface area contributed by atoms with E-state index in [1.807, 2.05) is 11.8 Å². The molecule has 0 radical (unpaired) electrons. The van der Waals surface area contributed by atoms with Crippen LogP contribution in [0, 0.1) is 10.1 Å². The fourth-order valence-corrected chi connectivity index (χ4v) is 5.30. The number of hydrogen-bond acceptors (Lipinski definition) is 6. The summed E-state index contributed by atoms with van der Waals surface area (Å²) in [5, 5.41) is 24.6. The number of rotatable bonds is 13. The van der Waals surface area contributed by atoms with Gasteiger partial charge < -0.3 is 15.3 Å². The number of unbranched alkanes of at least 4 members (excludes halogenated alkanes) is 3. The summed E-state index contributed by atoms with van der Waals surface area (Å²) in [4.78, 5) is 14.0. The molecule has 7 nitrogen and oxygen atoms in total. The van der Waals surface area contributed by atoms with Crippen molar-refractivity contribution in [2.75, 3.05) is 31.5 Å². The first kappa shape index (κ1) is 33.4. The monoisotopic (exact) mass is 604 g/mol. The molecule has 1 aromatic rings. The van der Waals surface area contributed by atoms with Crippen molar-refractivity contribution in [2.45, 2.75) is 82.9 Å². The maximum absolute atomic E-state index is 13.3. The number of nitrogens with zero attached hydrogens (tertiary/aromatic N) is 3. The summed E-state index contributed by atoms with van der Waals surface area (Å²) < 4.78 is 78.7. The number of nitrogens with one attached hydrogen (secondary N) is 1. The smallest absolute Gasteiger partial charge is 0.382 e. The van der Waals surface area contributed by atoms with Crippen LogP contribution in [0.25, 0.3) is 0 Å². The minimum Gasteiger partial charge on any atom is -0.382 e. The molecule has 0 aromatic heterocycles. The number of nitro groups is 1. The van der Waals surface area contributed by atoms with Crippen molar-refractivity contribution in [1.29, 1.82) is 0 Å². The first-order chi connectivity index (χ1) is 19.8. The summed E-state index contributed by atoms with van der Waals surface area (Å²) >= 11 is 0. The molecule has 0 bridgehead atoms. The number of aliphatic hydroxyl groups is 1. The average Bonchev–Trinajstić information content (AvgIpc) is 3.19. The van der Waals surface area contributed by atoms with Gasteiger partial charge >= 0.3 is 12.4 Å². The maximum atomic E-state index is 13.3. The zero-order valence-corrected chi connectivity index (χ0v) is 23.6. The number of likely N-dealkylation sites (tertiary alicyclic amines) is 1. The first-order valence-electron chi connectivity index (χ1n) is 14.2. The third-order valence-corrected chi connectivity index (χ3v) is 7.66. The Kier molecular flexibility index (Phi) is 11.9. The average molecular weight is 605 g/mol. The fraction of sp³-hybridized carbons (Fsp3) is 0.586. The normalized spacial score (nSPS) is 17.8. The summed E-state index contributed by atoms with van der Waals surface area (Å²) in [5.41, 5.74) is -1.90. The van der Waals surface area contributed by atoms with E-state index in [-0.39, 0.29) is 11.7 Å². The van der Waals surface area contributed by atoms with Crippen molar-refractivity contribution in [3.63, 3.8) is 0 Å². The lowest BCUT2D eigenvalue weighted by molar-refractivity contribution is -0.388. The predicted molar refractivity (Wildman–Crippen MR) is 149 cm³/mol. The Morgan fingerprint density at radius 3 is 2.38 bits per heavy atom. The molecule has 42 heavy (non-hydrogen) atoms. The Bertz CT molecular complexity index is 1140. The van der Waals surface area contributed by atoms with E-state index in [0.717, 1.165) is 62.2 Å². The van der Waals surface area contributed by atoms with Gasteiger partial charge in [-0.25, -0.2) is 0 Å². The van der Waals surface area contributed by atoms with E-state index in [0.29, 0.717) is 45.3 Å². The van der Waals surface area contributed by atoms with Crippen LogP contribution in [0.3, 0.4) is 0 Å². The molecule has 1 unspecified atom stereocenters. The molecule has 13 heteroatoms. The van der Waals surface area contributed by atoms with E-state index in [4.69, 9.17) is 0 Å². The molecule has 1 aliphatic heterocycles. The molecule has 1 aromatic carbocycles. The molecule has 2 aliphatic rings. The van der Waals surface area contributed by atoms with Gasteiger partial charge in [-0.05, 0) is 63.3 Å². The van der Waals surface area contributed by atoms with Gasteiger partial charge in [-0.2, -0.15) is 26.3 Å². The van der Waals surface area contributed by atoms with Gasteiger partial charge in [-0.1, -0.05) is 25.0 Å². The van der Waals surface area contributed by atoms with Crippen LogP contribution in [0.4, 0.5) is 37.7 Å². The first-order valence-corrected chi connectivity index (χ1v) is 14.2. The van der Waals surface area contributed by atoms with Crippen LogP contribution < -0.4 is 5.32 Å². The summed E-state index contributed by atoms with van der Waals surface area (Å²) in [6, 6.07) is 2.79. The number of piperidine rings is 1. The highest BCUT2D eigenvalue weighted by Gasteiger charge is 2.38. The number of aliphatic hydroxyl groups excluding tert-OH is 1. The molecular weight excluding hydrogens is 566 g/mol.